The molecule has 7 atom stereocenters. The van der Waals surface area contributed by atoms with E-state index in [1.54, 1.807) is 24.3 Å². The van der Waals surface area contributed by atoms with Crippen LogP contribution in [0, 0.1) is 5.21 Å². The van der Waals surface area contributed by atoms with Gasteiger partial charge >= 0.3 is 0 Å². The van der Waals surface area contributed by atoms with Gasteiger partial charge in [-0.25, -0.2) is 13.4 Å². The Morgan fingerprint density at radius 1 is 1.02 bits per heavy atom. The first-order valence-electron chi connectivity index (χ1n) is 21.1. The van der Waals surface area contributed by atoms with Crippen LogP contribution in [0.2, 0.25) is 0 Å². The number of piperidine rings is 1. The number of hydrogen-bond donors (Lipinski definition) is 6. The molecule has 322 valence electrons. The third-order valence-corrected chi connectivity index (χ3v) is 13.8. The number of amides is 3. The molecule has 6 N–H and O–H groups in total. The molecule has 2 aromatic carbocycles. The molecule has 1 aliphatic carbocycles. The number of amidine groups is 1. The summed E-state index contributed by atoms with van der Waals surface area (Å²) in [7, 11) is -3.25. The average Bonchev–Trinajstić information content (AvgIpc) is 3.77. The Labute approximate surface area is 351 Å². The first-order valence-corrected chi connectivity index (χ1v) is 23.0. The Bertz CT molecular complexity index is 2140. The molecule has 5 aliphatic heterocycles. The van der Waals surface area contributed by atoms with Crippen molar-refractivity contribution >= 4 is 39.1 Å². The van der Waals surface area contributed by atoms with Crippen LogP contribution in [0.4, 0.5) is 5.69 Å². The lowest BCUT2D eigenvalue weighted by Crippen LogP contribution is -2.59. The Kier molecular flexibility index (Phi) is 12.5. The minimum Gasteiger partial charge on any atom is -0.630 e. The molecule has 3 amide bonds. The molecule has 0 spiro atoms. The van der Waals surface area contributed by atoms with Crippen LogP contribution in [0.1, 0.15) is 73.9 Å². The summed E-state index contributed by atoms with van der Waals surface area (Å²) in [6.07, 6.45) is 12.8. The summed E-state index contributed by atoms with van der Waals surface area (Å²) >= 11 is 0. The molecule has 2 saturated heterocycles. The van der Waals surface area contributed by atoms with Gasteiger partial charge < -0.3 is 25.6 Å². The second-order valence-electron chi connectivity index (χ2n) is 16.7. The van der Waals surface area contributed by atoms with E-state index in [-0.39, 0.29) is 43.7 Å². The van der Waals surface area contributed by atoms with Crippen molar-refractivity contribution in [3.63, 3.8) is 0 Å². The van der Waals surface area contributed by atoms with Crippen molar-refractivity contribution < 1.29 is 32.6 Å². The van der Waals surface area contributed by atoms with E-state index in [0.29, 0.717) is 41.7 Å². The number of carbonyl (C=O) groups is 3. The van der Waals surface area contributed by atoms with E-state index in [1.165, 1.54) is 6.26 Å². The van der Waals surface area contributed by atoms with Gasteiger partial charge in [0.2, 0.25) is 18.0 Å². The summed E-state index contributed by atoms with van der Waals surface area (Å²) in [5.74, 6) is -0.162. The van der Waals surface area contributed by atoms with E-state index in [0.717, 1.165) is 75.4 Å². The highest BCUT2D eigenvalue weighted by molar-refractivity contribution is 7.90. The lowest BCUT2D eigenvalue weighted by molar-refractivity contribution is -0.953. The number of anilines is 1. The van der Waals surface area contributed by atoms with E-state index >= 15 is 0 Å². The number of aliphatic hydroxyl groups is 1. The largest absolute Gasteiger partial charge is 0.630 e. The molecule has 17 nitrogen and oxygen atoms in total. The summed E-state index contributed by atoms with van der Waals surface area (Å²) in [5, 5.41) is 39.1. The van der Waals surface area contributed by atoms with Crippen LogP contribution in [-0.4, -0.2) is 133 Å². The van der Waals surface area contributed by atoms with Gasteiger partial charge in [0.15, 0.2) is 22.2 Å². The van der Waals surface area contributed by atoms with Gasteiger partial charge in [-0.1, -0.05) is 36.4 Å². The predicted octanol–water partition coefficient (Wildman–Crippen LogP) is 1.52. The van der Waals surface area contributed by atoms with Crippen LogP contribution in [-0.2, 0) is 30.8 Å². The van der Waals surface area contributed by atoms with Crippen molar-refractivity contribution in [2.45, 2.75) is 93.1 Å². The number of carbonyl (C=O) groups excluding carboxylic acids is 3. The number of benzene rings is 2. The van der Waals surface area contributed by atoms with Crippen molar-refractivity contribution in [1.82, 2.24) is 36.2 Å². The summed E-state index contributed by atoms with van der Waals surface area (Å²) in [4.78, 5) is 46.8. The van der Waals surface area contributed by atoms with E-state index in [9.17, 15) is 33.1 Å². The Hall–Kier alpha value is -4.53. The van der Waals surface area contributed by atoms with Crippen molar-refractivity contribution in [1.29, 1.82) is 0 Å². The Balaban J connectivity index is 0.710. The van der Waals surface area contributed by atoms with Crippen LogP contribution in [0.5, 0.6) is 0 Å². The Morgan fingerprint density at radius 3 is 2.53 bits per heavy atom. The number of unbranched alkanes of at least 4 members (excludes halogenated alkanes) is 1. The quantitative estimate of drug-likeness (QED) is 0.0525. The molecule has 0 aromatic heterocycles. The van der Waals surface area contributed by atoms with Crippen LogP contribution in [0.15, 0.2) is 76.7 Å². The Morgan fingerprint density at radius 2 is 1.80 bits per heavy atom. The predicted molar refractivity (Wildman–Crippen MR) is 225 cm³/mol. The maximum absolute atomic E-state index is 13.8. The topological polar surface area (TPSA) is 211 Å². The monoisotopic (exact) mass is 844 g/mol. The summed E-state index contributed by atoms with van der Waals surface area (Å²) in [6.45, 7) is 4.95. The van der Waals surface area contributed by atoms with Gasteiger partial charge in [-0.2, -0.15) is 5.43 Å². The van der Waals surface area contributed by atoms with Crippen LogP contribution in [0.25, 0.3) is 0 Å². The van der Waals surface area contributed by atoms with Gasteiger partial charge in [0.05, 0.1) is 17.5 Å². The second-order valence-corrected chi connectivity index (χ2v) is 18.7. The number of imide groups is 1. The van der Waals surface area contributed by atoms with Gasteiger partial charge in [0, 0.05) is 87.3 Å². The number of fused-ring (bicyclic) bond motifs is 2. The number of nitrogens with one attached hydrogen (secondary N) is 5. The lowest BCUT2D eigenvalue weighted by Gasteiger charge is -2.47. The van der Waals surface area contributed by atoms with Gasteiger partial charge in [-0.3, -0.25) is 39.8 Å². The molecule has 5 heterocycles. The SMILES string of the molecule is CS(=O)(=O)c1ccc(C2CC=CC3=NC(NC4C=CC(N5CCN(CC(=O)NCCCCNc6cccc7c6C[N+]([O-])(C6CCC(=O)NC6=O)C7O)CC5)CC4)NN32)cc1. The summed E-state index contributed by atoms with van der Waals surface area (Å²) < 4.78 is 22.8. The lowest BCUT2D eigenvalue weighted by atomic mass is 9.97. The van der Waals surface area contributed by atoms with Crippen molar-refractivity contribution in [3.8, 4) is 0 Å². The number of nitrogens with zero attached hydrogens (tertiary/aromatic N) is 5. The minimum atomic E-state index is -3.25. The van der Waals surface area contributed by atoms with Crippen molar-refractivity contribution in [3.05, 3.63) is 88.7 Å². The van der Waals surface area contributed by atoms with E-state index < -0.39 is 38.6 Å². The molecule has 8 rings (SSSR count). The number of hydrogen-bond acceptors (Lipinski definition) is 14. The fraction of sp³-hybridized carbons (Fsp3) is 0.524. The number of hydrazine groups is 1. The third-order valence-electron chi connectivity index (χ3n) is 12.6. The zero-order chi connectivity index (χ0) is 42.0. The fourth-order valence-corrected chi connectivity index (χ4v) is 9.93. The van der Waals surface area contributed by atoms with Gasteiger partial charge in [-0.15, -0.1) is 0 Å². The van der Waals surface area contributed by atoms with Crippen LogP contribution in [0.3, 0.4) is 0 Å². The molecule has 2 fully saturated rings. The number of sulfone groups is 1. The first kappa shape index (κ1) is 42.2. The number of piperazine rings is 1. The van der Waals surface area contributed by atoms with Gasteiger partial charge in [0.25, 0.3) is 5.91 Å². The molecular weight excluding hydrogens is 789 g/mol. The smallest absolute Gasteiger partial charge is 0.285 e. The molecule has 18 heteroatoms. The summed E-state index contributed by atoms with van der Waals surface area (Å²) in [6, 6.07) is 12.0. The number of aliphatic imine (C=N–C) groups is 1. The van der Waals surface area contributed by atoms with Crippen LogP contribution >= 0.6 is 0 Å². The fourth-order valence-electron chi connectivity index (χ4n) is 9.30. The first-order chi connectivity index (χ1) is 28.9. The number of rotatable bonds is 14. The number of quaternary nitrogens is 1. The zero-order valence-electron chi connectivity index (χ0n) is 34.0. The van der Waals surface area contributed by atoms with Gasteiger partial charge in [0.1, 0.15) is 12.4 Å². The molecule has 7 unspecified atom stereocenters. The third kappa shape index (κ3) is 9.20. The normalized spacial score (nSPS) is 29.5. The highest BCUT2D eigenvalue weighted by atomic mass is 32.2. The molecule has 2 aromatic rings. The molecule has 0 bridgehead atoms. The zero-order valence-corrected chi connectivity index (χ0v) is 34.8. The highest BCUT2D eigenvalue weighted by Gasteiger charge is 2.49. The second kappa shape index (κ2) is 17.8. The maximum atomic E-state index is 13.8. The van der Waals surface area contributed by atoms with Crippen LogP contribution < -0.4 is 26.7 Å². The highest BCUT2D eigenvalue weighted by Crippen LogP contribution is 2.44. The average molecular weight is 845 g/mol. The van der Waals surface area contributed by atoms with E-state index in [4.69, 9.17) is 4.99 Å². The molecule has 0 saturated carbocycles. The summed E-state index contributed by atoms with van der Waals surface area (Å²) in [5.41, 5.74) is 6.47. The molecular formula is C42H56N10O7S. The van der Waals surface area contributed by atoms with E-state index in [2.05, 4.69) is 59.7 Å². The molecule has 60 heavy (non-hydrogen) atoms. The van der Waals surface area contributed by atoms with Crippen molar-refractivity contribution in [2.24, 2.45) is 4.99 Å². The molecule has 0 radical (unpaired) electrons. The molecule has 6 aliphatic rings. The standard InChI is InChI=1S/C42H56N10O7S/c1-60(58,59)31-16-10-28(11-17-31)35-8-5-9-37-46-42(48-51(35)37)45-29-12-14-30(15-13-29)50-24-22-49(23-25-50)26-39(54)44-21-3-2-20-43-34-7-4-6-32-33(34)27-52(57,41(32)56)36-18-19-38(53)47-40(36)55/h4-7,9-12,14,16-17,29-30,35-36,41-43,45,48,56H,2-3,8,13,15,18-27H2,1H3,(H,44,54)(H,47,53,55). The van der Waals surface area contributed by atoms with E-state index in [1.807, 2.05) is 24.3 Å². The van der Waals surface area contributed by atoms with Crippen molar-refractivity contribution in [2.75, 3.05) is 57.4 Å². The minimum absolute atomic E-state index is 0.0134. The maximum Gasteiger partial charge on any atom is 0.285 e. The number of hydroxylamine groups is 3. The van der Waals surface area contributed by atoms with Gasteiger partial charge in [-0.05, 0) is 68.0 Å². The number of aliphatic hydroxyl groups excluding tert-OH is 1.